The quantitative estimate of drug-likeness (QED) is 0.453. The summed E-state index contributed by atoms with van der Waals surface area (Å²) in [4.78, 5) is 22.5. The van der Waals surface area contributed by atoms with Crippen molar-refractivity contribution in [3.05, 3.63) is 67.9 Å². The van der Waals surface area contributed by atoms with Crippen LogP contribution in [-0.4, -0.2) is 62.0 Å². The SMILES string of the molecule is C=CCN1CCN(c2ccc(Nc3nc(-c4cncc(N)n4)cn4ccnc34)cc2)CC1. The van der Waals surface area contributed by atoms with Gasteiger partial charge in [0, 0.05) is 62.7 Å². The Labute approximate surface area is 186 Å². The molecule has 1 aliphatic heterocycles. The lowest BCUT2D eigenvalue weighted by Gasteiger charge is -2.35. The van der Waals surface area contributed by atoms with Gasteiger partial charge < -0.3 is 20.4 Å². The Balaban J connectivity index is 1.36. The molecular formula is C23H25N9. The van der Waals surface area contributed by atoms with Gasteiger partial charge in [0.15, 0.2) is 11.5 Å². The normalized spacial score (nSPS) is 14.6. The number of nitrogen functional groups attached to an aromatic ring is 1. The van der Waals surface area contributed by atoms with Crippen LogP contribution in [0, 0.1) is 0 Å². The number of hydrogen-bond donors (Lipinski definition) is 2. The first-order chi connectivity index (χ1) is 15.7. The van der Waals surface area contributed by atoms with Crippen LogP contribution in [0.3, 0.4) is 0 Å². The average molecular weight is 428 g/mol. The van der Waals surface area contributed by atoms with Gasteiger partial charge in [-0.15, -0.1) is 6.58 Å². The van der Waals surface area contributed by atoms with E-state index in [2.05, 4.69) is 60.9 Å². The molecule has 3 aromatic heterocycles. The summed E-state index contributed by atoms with van der Waals surface area (Å²) in [6.45, 7) is 8.91. The second-order valence-electron chi connectivity index (χ2n) is 7.71. The van der Waals surface area contributed by atoms with Crippen LogP contribution in [0.5, 0.6) is 0 Å². The third-order valence-corrected chi connectivity index (χ3v) is 5.54. The van der Waals surface area contributed by atoms with Gasteiger partial charge in [-0.3, -0.25) is 9.88 Å². The van der Waals surface area contributed by atoms with Crippen LogP contribution >= 0.6 is 0 Å². The lowest BCUT2D eigenvalue weighted by Crippen LogP contribution is -2.46. The number of nitrogens with two attached hydrogens (primary N) is 1. The summed E-state index contributed by atoms with van der Waals surface area (Å²) >= 11 is 0. The molecule has 4 aromatic rings. The van der Waals surface area contributed by atoms with E-state index >= 15 is 0 Å². The van der Waals surface area contributed by atoms with E-state index in [0.29, 0.717) is 23.0 Å². The summed E-state index contributed by atoms with van der Waals surface area (Å²) in [6.07, 6.45) is 10.6. The summed E-state index contributed by atoms with van der Waals surface area (Å²) in [5, 5.41) is 3.40. The van der Waals surface area contributed by atoms with E-state index in [1.807, 2.05) is 22.9 Å². The lowest BCUT2D eigenvalue weighted by atomic mass is 10.2. The standard InChI is InChI=1S/C23H25N9/c1-2-8-30-10-12-31(13-11-30)18-5-3-17(4-6-18)27-22-23-26-7-9-32(23)16-20(29-22)19-14-25-15-21(24)28-19/h2-7,9,14-16H,1,8,10-13H2,(H2,24,28)(H,27,29). The van der Waals surface area contributed by atoms with Crippen LogP contribution in [0.25, 0.3) is 17.0 Å². The van der Waals surface area contributed by atoms with Crippen molar-refractivity contribution in [2.24, 2.45) is 0 Å². The van der Waals surface area contributed by atoms with Gasteiger partial charge in [-0.05, 0) is 24.3 Å². The number of imidazole rings is 1. The van der Waals surface area contributed by atoms with Crippen molar-refractivity contribution in [3.63, 3.8) is 0 Å². The smallest absolute Gasteiger partial charge is 0.180 e. The van der Waals surface area contributed by atoms with Gasteiger partial charge in [-0.1, -0.05) is 6.08 Å². The van der Waals surface area contributed by atoms with E-state index < -0.39 is 0 Å². The molecule has 0 atom stereocenters. The summed E-state index contributed by atoms with van der Waals surface area (Å²) in [6, 6.07) is 8.42. The molecule has 9 heteroatoms. The Bertz CT molecular complexity index is 1220. The van der Waals surface area contributed by atoms with Crippen molar-refractivity contribution in [1.82, 2.24) is 29.2 Å². The third-order valence-electron chi connectivity index (χ3n) is 5.54. The summed E-state index contributed by atoms with van der Waals surface area (Å²) in [5.74, 6) is 0.993. The minimum atomic E-state index is 0.352. The predicted octanol–water partition coefficient (Wildman–Crippen LogP) is 2.82. The second kappa shape index (κ2) is 8.64. The summed E-state index contributed by atoms with van der Waals surface area (Å²) < 4.78 is 1.91. The Morgan fingerprint density at radius 2 is 1.84 bits per heavy atom. The topological polar surface area (TPSA) is 100 Å². The number of nitrogens with zero attached hydrogens (tertiary/aromatic N) is 7. The van der Waals surface area contributed by atoms with Gasteiger partial charge in [-0.25, -0.2) is 15.0 Å². The van der Waals surface area contributed by atoms with E-state index in [-0.39, 0.29) is 0 Å². The number of anilines is 4. The van der Waals surface area contributed by atoms with Crippen molar-refractivity contribution in [1.29, 1.82) is 0 Å². The van der Waals surface area contributed by atoms with Crippen LogP contribution in [0.15, 0.2) is 67.9 Å². The van der Waals surface area contributed by atoms with Gasteiger partial charge in [0.05, 0.1) is 12.4 Å². The van der Waals surface area contributed by atoms with Gasteiger partial charge in [0.2, 0.25) is 0 Å². The van der Waals surface area contributed by atoms with Crippen LogP contribution in [0.2, 0.25) is 0 Å². The molecule has 0 spiro atoms. The Hall–Kier alpha value is -3.98. The van der Waals surface area contributed by atoms with Crippen molar-refractivity contribution in [3.8, 4) is 11.4 Å². The van der Waals surface area contributed by atoms with E-state index in [1.165, 1.54) is 11.9 Å². The number of aromatic nitrogens is 5. The predicted molar refractivity (Wildman–Crippen MR) is 127 cm³/mol. The monoisotopic (exact) mass is 427 g/mol. The molecule has 0 bridgehead atoms. The molecule has 162 valence electrons. The zero-order valence-electron chi connectivity index (χ0n) is 17.7. The summed E-state index contributed by atoms with van der Waals surface area (Å²) in [5.41, 5.74) is 9.95. The van der Waals surface area contributed by atoms with Crippen molar-refractivity contribution in [2.75, 3.05) is 48.7 Å². The molecule has 3 N–H and O–H groups in total. The van der Waals surface area contributed by atoms with Gasteiger partial charge in [0.25, 0.3) is 0 Å². The van der Waals surface area contributed by atoms with E-state index in [4.69, 9.17) is 10.7 Å². The van der Waals surface area contributed by atoms with E-state index in [9.17, 15) is 0 Å². The highest BCUT2D eigenvalue weighted by Gasteiger charge is 2.16. The number of hydrogen-bond acceptors (Lipinski definition) is 8. The fourth-order valence-electron chi connectivity index (χ4n) is 3.91. The molecule has 1 fully saturated rings. The Morgan fingerprint density at radius 3 is 2.59 bits per heavy atom. The highest BCUT2D eigenvalue weighted by atomic mass is 15.3. The van der Waals surface area contributed by atoms with E-state index in [0.717, 1.165) is 44.1 Å². The molecule has 0 unspecified atom stereocenters. The summed E-state index contributed by atoms with van der Waals surface area (Å²) in [7, 11) is 0. The number of rotatable bonds is 6. The molecular weight excluding hydrogens is 402 g/mol. The van der Waals surface area contributed by atoms with Crippen molar-refractivity contribution >= 4 is 28.7 Å². The van der Waals surface area contributed by atoms with Crippen LogP contribution in [0.1, 0.15) is 0 Å². The molecule has 32 heavy (non-hydrogen) atoms. The molecule has 0 radical (unpaired) electrons. The minimum absolute atomic E-state index is 0.352. The highest BCUT2D eigenvalue weighted by molar-refractivity contribution is 5.73. The maximum atomic E-state index is 5.80. The highest BCUT2D eigenvalue weighted by Crippen LogP contribution is 2.25. The Morgan fingerprint density at radius 1 is 1.03 bits per heavy atom. The zero-order chi connectivity index (χ0) is 21.9. The molecule has 1 saturated heterocycles. The molecule has 0 aliphatic carbocycles. The van der Waals surface area contributed by atoms with Gasteiger partial charge >= 0.3 is 0 Å². The van der Waals surface area contributed by atoms with E-state index in [1.54, 1.807) is 12.4 Å². The molecule has 1 aliphatic rings. The molecule has 4 heterocycles. The first-order valence-corrected chi connectivity index (χ1v) is 10.6. The van der Waals surface area contributed by atoms with Crippen LogP contribution < -0.4 is 16.0 Å². The van der Waals surface area contributed by atoms with Crippen LogP contribution in [-0.2, 0) is 0 Å². The minimum Gasteiger partial charge on any atom is -0.382 e. The van der Waals surface area contributed by atoms with Crippen molar-refractivity contribution < 1.29 is 0 Å². The van der Waals surface area contributed by atoms with Gasteiger partial charge in [-0.2, -0.15) is 0 Å². The second-order valence-corrected chi connectivity index (χ2v) is 7.71. The number of fused-ring (bicyclic) bond motifs is 1. The Kier molecular flexibility index (Phi) is 5.39. The molecule has 1 aromatic carbocycles. The third kappa shape index (κ3) is 4.10. The van der Waals surface area contributed by atoms with Crippen molar-refractivity contribution in [2.45, 2.75) is 0 Å². The number of piperazine rings is 1. The fraction of sp³-hybridized carbons (Fsp3) is 0.217. The maximum absolute atomic E-state index is 5.80. The largest absolute Gasteiger partial charge is 0.382 e. The fourth-order valence-corrected chi connectivity index (χ4v) is 3.91. The van der Waals surface area contributed by atoms with Crippen LogP contribution in [0.4, 0.5) is 23.0 Å². The number of nitrogens with one attached hydrogen (secondary N) is 1. The first-order valence-electron chi connectivity index (χ1n) is 10.6. The van der Waals surface area contributed by atoms with Gasteiger partial charge in [0.1, 0.15) is 17.2 Å². The molecule has 5 rings (SSSR count). The lowest BCUT2D eigenvalue weighted by molar-refractivity contribution is 0.284. The number of benzene rings is 1. The maximum Gasteiger partial charge on any atom is 0.180 e. The zero-order valence-corrected chi connectivity index (χ0v) is 17.7. The molecule has 0 saturated carbocycles. The molecule has 9 nitrogen and oxygen atoms in total. The average Bonchev–Trinajstić information content (AvgIpc) is 3.30. The first kappa shape index (κ1) is 20.0. The molecule has 0 amide bonds.